The number of ether oxygens (including phenoxy) is 3. The average molecular weight is 402 g/mol. The van der Waals surface area contributed by atoms with Crippen LogP contribution in [0.3, 0.4) is 0 Å². The number of hydrogen-bond donors (Lipinski definition) is 1. The Hall–Kier alpha value is -2.00. The summed E-state index contributed by atoms with van der Waals surface area (Å²) in [5.74, 6) is -0.256. The van der Waals surface area contributed by atoms with Gasteiger partial charge < -0.3 is 14.2 Å². The summed E-state index contributed by atoms with van der Waals surface area (Å²) in [5, 5.41) is 1.77. The number of methoxy groups -OCH3 is 2. The topological polar surface area (TPSA) is 90.9 Å². The number of hydrogen-bond acceptors (Lipinski definition) is 7. The Morgan fingerprint density at radius 1 is 1.30 bits per heavy atom. The molecule has 0 bridgehead atoms. The number of amides is 2. The number of imide groups is 1. The summed E-state index contributed by atoms with van der Waals surface area (Å²) in [4.78, 5) is 34.2. The van der Waals surface area contributed by atoms with Gasteiger partial charge in [0.15, 0.2) is 18.1 Å². The molecular weight excluding hydrogens is 390 g/mol. The highest BCUT2D eigenvalue weighted by Gasteiger charge is 2.25. The Balaban J connectivity index is 2.29. The van der Waals surface area contributed by atoms with Crippen LogP contribution in [0.2, 0.25) is 0 Å². The van der Waals surface area contributed by atoms with Crippen molar-refractivity contribution in [2.45, 2.75) is 0 Å². The summed E-state index contributed by atoms with van der Waals surface area (Å²) in [5.41, 5.74) is 0.625. The van der Waals surface area contributed by atoms with Gasteiger partial charge in [-0.3, -0.25) is 14.9 Å². The van der Waals surface area contributed by atoms with E-state index in [4.69, 9.17) is 9.47 Å². The van der Waals surface area contributed by atoms with Gasteiger partial charge in [-0.15, -0.1) is 0 Å². The molecule has 0 radical (unpaired) electrons. The molecule has 0 atom stereocenters. The van der Waals surface area contributed by atoms with E-state index >= 15 is 0 Å². The summed E-state index contributed by atoms with van der Waals surface area (Å²) in [6, 6.07) is 3.23. The van der Waals surface area contributed by atoms with Gasteiger partial charge in [0.25, 0.3) is 11.1 Å². The van der Waals surface area contributed by atoms with Crippen LogP contribution >= 0.6 is 27.7 Å². The van der Waals surface area contributed by atoms with E-state index in [2.05, 4.69) is 26.0 Å². The van der Waals surface area contributed by atoms with Crippen molar-refractivity contribution in [1.82, 2.24) is 5.32 Å². The van der Waals surface area contributed by atoms with Crippen molar-refractivity contribution < 1.29 is 28.6 Å². The minimum Gasteiger partial charge on any atom is -0.493 e. The van der Waals surface area contributed by atoms with Crippen molar-refractivity contribution in [2.75, 3.05) is 20.8 Å². The maximum Gasteiger partial charge on any atom is 0.343 e. The molecule has 1 aliphatic rings. The first-order chi connectivity index (χ1) is 10.9. The number of benzene rings is 1. The third kappa shape index (κ3) is 4.26. The van der Waals surface area contributed by atoms with Gasteiger partial charge in [-0.1, -0.05) is 15.9 Å². The molecule has 0 aliphatic carbocycles. The monoisotopic (exact) mass is 401 g/mol. The Labute approximate surface area is 144 Å². The molecule has 23 heavy (non-hydrogen) atoms. The molecule has 1 aliphatic heterocycles. The maximum atomic E-state index is 11.6. The third-order valence-electron chi connectivity index (χ3n) is 2.78. The predicted octanol–water partition coefficient (Wildman–Crippen LogP) is 2.33. The highest BCUT2D eigenvalue weighted by Crippen LogP contribution is 2.36. The van der Waals surface area contributed by atoms with Gasteiger partial charge in [-0.25, -0.2) is 4.79 Å². The van der Waals surface area contributed by atoms with E-state index in [0.29, 0.717) is 21.5 Å². The fourth-order valence-corrected chi connectivity index (χ4v) is 2.80. The van der Waals surface area contributed by atoms with Gasteiger partial charge in [0.05, 0.1) is 19.1 Å². The number of carbonyl (C=O) groups excluding carboxylic acids is 3. The molecule has 1 heterocycles. The van der Waals surface area contributed by atoms with Crippen LogP contribution in [0.25, 0.3) is 6.08 Å². The lowest BCUT2D eigenvalue weighted by molar-refractivity contribution is -0.142. The molecule has 0 aromatic heterocycles. The predicted molar refractivity (Wildman–Crippen MR) is 87.3 cm³/mol. The molecule has 9 heteroatoms. The normalized spacial score (nSPS) is 15.5. The van der Waals surface area contributed by atoms with Crippen LogP contribution in [-0.4, -0.2) is 37.9 Å². The smallest absolute Gasteiger partial charge is 0.343 e. The third-order valence-corrected chi connectivity index (χ3v) is 4.28. The summed E-state index contributed by atoms with van der Waals surface area (Å²) >= 11 is 4.17. The Morgan fingerprint density at radius 3 is 2.61 bits per heavy atom. The first-order valence-corrected chi connectivity index (χ1v) is 7.87. The van der Waals surface area contributed by atoms with Crippen LogP contribution in [0, 0.1) is 0 Å². The SMILES string of the molecule is COC(=O)COc1cc(Br)c(/C=C2/SC(=O)NC2=O)cc1OC. The van der Waals surface area contributed by atoms with Crippen molar-refractivity contribution >= 4 is 50.9 Å². The molecule has 1 aromatic carbocycles. The molecule has 1 aromatic rings. The molecular formula is C14H12BrNO6S. The maximum absolute atomic E-state index is 11.6. The Morgan fingerprint density at radius 2 is 2.04 bits per heavy atom. The van der Waals surface area contributed by atoms with Crippen LogP contribution in [-0.2, 0) is 14.3 Å². The van der Waals surface area contributed by atoms with E-state index in [1.54, 1.807) is 18.2 Å². The Bertz CT molecular complexity index is 703. The second kappa shape index (κ2) is 7.51. The van der Waals surface area contributed by atoms with Gasteiger partial charge in [-0.2, -0.15) is 0 Å². The molecule has 1 saturated heterocycles. The number of carbonyl (C=O) groups is 3. The van der Waals surface area contributed by atoms with Crippen LogP contribution < -0.4 is 14.8 Å². The number of thioether (sulfide) groups is 1. The summed E-state index contributed by atoms with van der Waals surface area (Å²) < 4.78 is 15.7. The van der Waals surface area contributed by atoms with Gasteiger partial charge in [0.1, 0.15) is 0 Å². The Kier molecular flexibility index (Phi) is 5.67. The first kappa shape index (κ1) is 17.4. The lowest BCUT2D eigenvalue weighted by atomic mass is 10.2. The van der Waals surface area contributed by atoms with Crippen molar-refractivity contribution in [3.05, 3.63) is 27.1 Å². The highest BCUT2D eigenvalue weighted by molar-refractivity contribution is 9.10. The lowest BCUT2D eigenvalue weighted by Crippen LogP contribution is -2.17. The zero-order valence-electron chi connectivity index (χ0n) is 12.2. The van der Waals surface area contributed by atoms with Gasteiger partial charge in [-0.05, 0) is 35.5 Å². The zero-order valence-corrected chi connectivity index (χ0v) is 14.6. The molecule has 0 unspecified atom stereocenters. The number of rotatable bonds is 5. The summed E-state index contributed by atoms with van der Waals surface area (Å²) in [7, 11) is 2.71. The van der Waals surface area contributed by atoms with Gasteiger partial charge in [0.2, 0.25) is 0 Å². The molecule has 0 spiro atoms. The van der Waals surface area contributed by atoms with E-state index in [1.807, 2.05) is 0 Å². The van der Waals surface area contributed by atoms with Crippen molar-refractivity contribution in [1.29, 1.82) is 0 Å². The van der Waals surface area contributed by atoms with Gasteiger partial charge >= 0.3 is 5.97 Å². The molecule has 0 saturated carbocycles. The standard InChI is InChI=1S/C14H12BrNO6S/c1-20-9-3-7(4-11-13(18)16-14(19)23-11)8(15)5-10(9)22-6-12(17)21-2/h3-5H,6H2,1-2H3,(H,16,18,19)/b11-4+. The lowest BCUT2D eigenvalue weighted by Gasteiger charge is -2.12. The first-order valence-electron chi connectivity index (χ1n) is 6.26. The summed E-state index contributed by atoms with van der Waals surface area (Å²) in [6.07, 6.45) is 1.56. The van der Waals surface area contributed by atoms with Crippen molar-refractivity contribution in [3.8, 4) is 11.5 Å². The largest absolute Gasteiger partial charge is 0.493 e. The second-order valence-corrected chi connectivity index (χ2v) is 6.11. The van der Waals surface area contributed by atoms with Crippen LogP contribution in [0.1, 0.15) is 5.56 Å². The molecule has 2 rings (SSSR count). The molecule has 122 valence electrons. The second-order valence-electron chi connectivity index (χ2n) is 4.24. The van der Waals surface area contributed by atoms with Crippen molar-refractivity contribution in [2.24, 2.45) is 0 Å². The van der Waals surface area contributed by atoms with E-state index in [0.717, 1.165) is 11.8 Å². The number of nitrogens with one attached hydrogen (secondary N) is 1. The van der Waals surface area contributed by atoms with E-state index in [-0.39, 0.29) is 11.5 Å². The number of halogens is 1. The zero-order chi connectivity index (χ0) is 17.0. The van der Waals surface area contributed by atoms with Crippen LogP contribution in [0.15, 0.2) is 21.5 Å². The highest BCUT2D eigenvalue weighted by atomic mass is 79.9. The van der Waals surface area contributed by atoms with E-state index in [1.165, 1.54) is 14.2 Å². The minimum absolute atomic E-state index is 0.257. The molecule has 1 N–H and O–H groups in total. The van der Waals surface area contributed by atoms with Crippen LogP contribution in [0.5, 0.6) is 11.5 Å². The van der Waals surface area contributed by atoms with E-state index < -0.39 is 17.1 Å². The number of esters is 1. The van der Waals surface area contributed by atoms with Crippen molar-refractivity contribution in [3.63, 3.8) is 0 Å². The van der Waals surface area contributed by atoms with Crippen LogP contribution in [0.4, 0.5) is 4.79 Å². The fourth-order valence-electron chi connectivity index (χ4n) is 1.69. The fraction of sp³-hybridized carbons (Fsp3) is 0.214. The quantitative estimate of drug-likeness (QED) is 0.597. The average Bonchev–Trinajstić information content (AvgIpc) is 2.84. The minimum atomic E-state index is -0.521. The molecule has 1 fully saturated rings. The summed E-state index contributed by atoms with van der Waals surface area (Å²) in [6.45, 7) is -0.257. The molecule has 2 amide bonds. The van der Waals surface area contributed by atoms with Gasteiger partial charge in [0, 0.05) is 4.47 Å². The van der Waals surface area contributed by atoms with E-state index in [9.17, 15) is 14.4 Å². The molecule has 7 nitrogen and oxygen atoms in total.